The molecule has 0 radical (unpaired) electrons. The van der Waals surface area contributed by atoms with E-state index in [2.05, 4.69) is 30.4 Å². The van der Waals surface area contributed by atoms with Crippen molar-refractivity contribution in [3.63, 3.8) is 0 Å². The molecule has 118 valence electrons. The van der Waals surface area contributed by atoms with E-state index in [1.54, 1.807) is 0 Å². The van der Waals surface area contributed by atoms with E-state index >= 15 is 0 Å². The number of aromatic nitrogens is 1. The number of esters is 1. The maximum atomic E-state index is 12.8. The summed E-state index contributed by atoms with van der Waals surface area (Å²) in [6.07, 6.45) is -10.6. The van der Waals surface area contributed by atoms with Crippen molar-refractivity contribution in [1.82, 2.24) is 4.98 Å². The molecular formula is C10H6BrF6NO3. The van der Waals surface area contributed by atoms with Gasteiger partial charge in [-0.1, -0.05) is 15.9 Å². The minimum atomic E-state index is -5.43. The molecule has 1 heterocycles. The third kappa shape index (κ3) is 4.48. The van der Waals surface area contributed by atoms with Crippen LogP contribution in [0.2, 0.25) is 0 Å². The average Bonchev–Trinajstić information content (AvgIpc) is 2.34. The number of ether oxygens (including phenoxy) is 2. The van der Waals surface area contributed by atoms with Crippen molar-refractivity contribution in [2.45, 2.75) is 17.9 Å². The molecule has 0 atom stereocenters. The molecule has 0 aliphatic rings. The normalized spacial score (nSPS) is 12.2. The molecule has 0 aliphatic carbocycles. The van der Waals surface area contributed by atoms with Crippen LogP contribution in [-0.2, 0) is 16.2 Å². The van der Waals surface area contributed by atoms with Gasteiger partial charge < -0.3 is 9.47 Å². The van der Waals surface area contributed by atoms with Gasteiger partial charge in [0, 0.05) is 5.33 Å². The highest BCUT2D eigenvalue weighted by molar-refractivity contribution is 9.08. The molecule has 0 unspecified atom stereocenters. The van der Waals surface area contributed by atoms with Crippen molar-refractivity contribution in [2.75, 3.05) is 7.11 Å². The van der Waals surface area contributed by atoms with Crippen LogP contribution in [0.1, 0.15) is 21.7 Å². The summed E-state index contributed by atoms with van der Waals surface area (Å²) in [6.45, 7) is 0. The highest BCUT2D eigenvalue weighted by Crippen LogP contribution is 2.40. The molecule has 0 aromatic carbocycles. The van der Waals surface area contributed by atoms with Crippen molar-refractivity contribution >= 4 is 21.9 Å². The second-order valence-corrected chi connectivity index (χ2v) is 4.07. The van der Waals surface area contributed by atoms with Crippen LogP contribution >= 0.6 is 15.9 Å². The van der Waals surface area contributed by atoms with Gasteiger partial charge in [0.05, 0.1) is 12.8 Å². The summed E-state index contributed by atoms with van der Waals surface area (Å²) in [4.78, 5) is 14.7. The molecule has 1 aromatic rings. The van der Waals surface area contributed by atoms with Gasteiger partial charge in [0.2, 0.25) is 0 Å². The van der Waals surface area contributed by atoms with Gasteiger partial charge in [-0.2, -0.15) is 13.2 Å². The van der Waals surface area contributed by atoms with Gasteiger partial charge in [0.1, 0.15) is 5.56 Å². The Balaban J connectivity index is 3.63. The first kappa shape index (κ1) is 17.5. The van der Waals surface area contributed by atoms with Crippen molar-refractivity contribution in [2.24, 2.45) is 0 Å². The topological polar surface area (TPSA) is 48.4 Å². The Morgan fingerprint density at radius 1 is 1.29 bits per heavy atom. The van der Waals surface area contributed by atoms with Gasteiger partial charge in [0.15, 0.2) is 11.4 Å². The Hall–Kier alpha value is -1.52. The van der Waals surface area contributed by atoms with Crippen molar-refractivity contribution in [1.29, 1.82) is 0 Å². The van der Waals surface area contributed by atoms with Gasteiger partial charge in [-0.3, -0.25) is 0 Å². The van der Waals surface area contributed by atoms with Crippen molar-refractivity contribution in [3.05, 3.63) is 23.0 Å². The lowest BCUT2D eigenvalue weighted by Gasteiger charge is -2.18. The van der Waals surface area contributed by atoms with E-state index in [1.807, 2.05) is 0 Å². The number of rotatable bonds is 3. The van der Waals surface area contributed by atoms with Crippen molar-refractivity contribution in [3.8, 4) is 5.75 Å². The Labute approximate surface area is 122 Å². The van der Waals surface area contributed by atoms with Crippen LogP contribution < -0.4 is 4.74 Å². The zero-order valence-corrected chi connectivity index (χ0v) is 11.7. The number of hydrogen-bond donors (Lipinski definition) is 0. The van der Waals surface area contributed by atoms with Gasteiger partial charge in [-0.25, -0.2) is 9.78 Å². The smallest absolute Gasteiger partial charge is 0.464 e. The summed E-state index contributed by atoms with van der Waals surface area (Å²) in [5, 5.41) is -0.216. The molecule has 0 N–H and O–H groups in total. The van der Waals surface area contributed by atoms with E-state index in [9.17, 15) is 31.1 Å². The summed E-state index contributed by atoms with van der Waals surface area (Å²) < 4.78 is 82.8. The fourth-order valence-corrected chi connectivity index (χ4v) is 1.61. The van der Waals surface area contributed by atoms with Gasteiger partial charge in [-0.05, 0) is 6.07 Å². The zero-order chi connectivity index (χ0) is 16.4. The molecule has 21 heavy (non-hydrogen) atoms. The van der Waals surface area contributed by atoms with E-state index in [1.165, 1.54) is 0 Å². The minimum absolute atomic E-state index is 0.216. The number of carbonyl (C=O) groups excluding carboxylic acids is 1. The number of pyridine rings is 1. The first-order chi connectivity index (χ1) is 9.49. The summed E-state index contributed by atoms with van der Waals surface area (Å²) in [5.41, 5.74) is -3.29. The highest BCUT2D eigenvalue weighted by Gasteiger charge is 2.42. The molecule has 0 saturated heterocycles. The second kappa shape index (κ2) is 6.08. The molecule has 0 saturated carbocycles. The fourth-order valence-electron chi connectivity index (χ4n) is 1.32. The molecule has 0 fully saturated rings. The molecule has 0 amide bonds. The Morgan fingerprint density at radius 3 is 2.24 bits per heavy atom. The number of alkyl halides is 7. The summed E-state index contributed by atoms with van der Waals surface area (Å²) >= 11 is 2.80. The molecule has 4 nitrogen and oxygen atoms in total. The van der Waals surface area contributed by atoms with Gasteiger partial charge >= 0.3 is 18.5 Å². The Bertz CT molecular complexity index is 543. The highest BCUT2D eigenvalue weighted by atomic mass is 79.9. The van der Waals surface area contributed by atoms with Crippen LogP contribution in [0.3, 0.4) is 0 Å². The predicted octanol–water partition coefficient (Wildman–Crippen LogP) is 3.68. The van der Waals surface area contributed by atoms with Crippen molar-refractivity contribution < 1.29 is 40.6 Å². The molecule has 1 rings (SSSR count). The predicted molar refractivity (Wildman–Crippen MR) is 59.9 cm³/mol. The van der Waals surface area contributed by atoms with Crippen LogP contribution in [-0.4, -0.2) is 24.4 Å². The molecule has 0 bridgehead atoms. The lowest BCUT2D eigenvalue weighted by Crippen LogP contribution is -2.24. The maximum absolute atomic E-state index is 12.8. The van der Waals surface area contributed by atoms with E-state index in [4.69, 9.17) is 0 Å². The van der Waals surface area contributed by atoms with E-state index in [0.717, 1.165) is 7.11 Å². The van der Waals surface area contributed by atoms with Crippen LogP contribution in [0, 0.1) is 0 Å². The van der Waals surface area contributed by atoms with Gasteiger partial charge in [0.25, 0.3) is 0 Å². The standard InChI is InChI=1S/C10H6BrF6NO3/c1-20-8(19)6-7(21-10(15,16)17)5(9(12,13)14)2-4(3-11)18-6/h2H,3H2,1H3. The molecule has 11 heteroatoms. The third-order valence-corrected chi connectivity index (χ3v) is 2.64. The third-order valence-electron chi connectivity index (χ3n) is 2.06. The summed E-state index contributed by atoms with van der Waals surface area (Å²) in [7, 11) is 0.787. The maximum Gasteiger partial charge on any atom is 0.573 e. The summed E-state index contributed by atoms with van der Waals surface area (Å²) in [5.74, 6) is -3.23. The Kier molecular flexibility index (Phi) is 5.07. The minimum Gasteiger partial charge on any atom is -0.464 e. The van der Waals surface area contributed by atoms with Gasteiger partial charge in [-0.15, -0.1) is 13.2 Å². The first-order valence-corrected chi connectivity index (χ1v) is 6.13. The largest absolute Gasteiger partial charge is 0.573 e. The second-order valence-electron chi connectivity index (χ2n) is 3.51. The van der Waals surface area contributed by atoms with Crippen LogP contribution in [0.5, 0.6) is 5.75 Å². The number of methoxy groups -OCH3 is 1. The molecular weight excluding hydrogens is 376 g/mol. The Morgan fingerprint density at radius 2 is 1.86 bits per heavy atom. The fraction of sp³-hybridized carbons (Fsp3) is 0.400. The van der Waals surface area contributed by atoms with E-state index in [0.29, 0.717) is 6.07 Å². The number of carbonyl (C=O) groups is 1. The summed E-state index contributed by atoms with van der Waals surface area (Å²) in [6, 6.07) is 0.349. The van der Waals surface area contributed by atoms with Crippen LogP contribution in [0.15, 0.2) is 6.07 Å². The molecule has 1 aromatic heterocycles. The molecule has 0 spiro atoms. The SMILES string of the molecule is COC(=O)c1nc(CBr)cc(C(F)(F)F)c1OC(F)(F)F. The lowest BCUT2D eigenvalue weighted by atomic mass is 10.1. The van der Waals surface area contributed by atoms with Crippen LogP contribution in [0.4, 0.5) is 26.3 Å². The lowest BCUT2D eigenvalue weighted by molar-refractivity contribution is -0.276. The average molecular weight is 382 g/mol. The number of halogens is 7. The first-order valence-electron chi connectivity index (χ1n) is 5.00. The quantitative estimate of drug-likeness (QED) is 0.455. The van der Waals surface area contributed by atoms with E-state index < -0.39 is 35.5 Å². The molecule has 0 aliphatic heterocycles. The van der Waals surface area contributed by atoms with Crippen LogP contribution in [0.25, 0.3) is 0 Å². The monoisotopic (exact) mass is 381 g/mol. The van der Waals surface area contributed by atoms with E-state index in [-0.39, 0.29) is 11.0 Å². The number of hydrogen-bond acceptors (Lipinski definition) is 4. The zero-order valence-electron chi connectivity index (χ0n) is 10.1. The number of nitrogens with zero attached hydrogens (tertiary/aromatic N) is 1.